The van der Waals surface area contributed by atoms with Gasteiger partial charge in [-0.3, -0.25) is 4.99 Å². The first kappa shape index (κ1) is 13.4. The van der Waals surface area contributed by atoms with Gasteiger partial charge in [-0.05, 0) is 36.1 Å². The zero-order chi connectivity index (χ0) is 14.7. The summed E-state index contributed by atoms with van der Waals surface area (Å²) >= 11 is 0. The Morgan fingerprint density at radius 3 is 2.33 bits per heavy atom. The molecule has 0 aliphatic heterocycles. The Bertz CT molecular complexity index is 806. The molecule has 21 heavy (non-hydrogen) atoms. The Kier molecular flexibility index (Phi) is 3.69. The van der Waals surface area contributed by atoms with Crippen molar-refractivity contribution in [3.05, 3.63) is 71.8 Å². The van der Waals surface area contributed by atoms with Crippen molar-refractivity contribution >= 4 is 22.7 Å². The van der Waals surface area contributed by atoms with Crippen LogP contribution in [0, 0.1) is 6.92 Å². The predicted octanol–water partition coefficient (Wildman–Crippen LogP) is 4.91. The van der Waals surface area contributed by atoms with Gasteiger partial charge in [0, 0.05) is 17.2 Å². The summed E-state index contributed by atoms with van der Waals surface area (Å²) in [7, 11) is 1.70. The van der Waals surface area contributed by atoms with Gasteiger partial charge in [-0.1, -0.05) is 42.5 Å². The van der Waals surface area contributed by atoms with Gasteiger partial charge in [0.1, 0.15) is 5.75 Å². The van der Waals surface area contributed by atoms with Gasteiger partial charge in [0.05, 0.1) is 12.8 Å². The molecule has 0 radical (unpaired) electrons. The molecule has 0 atom stereocenters. The topological polar surface area (TPSA) is 21.6 Å². The molecule has 0 spiro atoms. The maximum atomic E-state index is 5.42. The lowest BCUT2D eigenvalue weighted by Gasteiger charge is -2.07. The van der Waals surface area contributed by atoms with Crippen molar-refractivity contribution in [3.8, 4) is 5.75 Å². The molecule has 0 unspecified atom stereocenters. The molecule has 2 heteroatoms. The monoisotopic (exact) mass is 275 g/mol. The minimum absolute atomic E-state index is 0.888. The maximum absolute atomic E-state index is 5.42. The summed E-state index contributed by atoms with van der Waals surface area (Å²) in [6, 6.07) is 20.4. The number of hydrogen-bond donors (Lipinski definition) is 0. The zero-order valence-corrected chi connectivity index (χ0v) is 12.2. The highest BCUT2D eigenvalue weighted by Gasteiger charge is 2.04. The highest BCUT2D eigenvalue weighted by molar-refractivity contribution is 6.02. The van der Waals surface area contributed by atoms with E-state index in [4.69, 9.17) is 4.74 Å². The summed E-state index contributed by atoms with van der Waals surface area (Å²) < 4.78 is 5.42. The predicted molar refractivity (Wildman–Crippen MR) is 88.9 cm³/mol. The number of ether oxygens (including phenoxy) is 1. The van der Waals surface area contributed by atoms with E-state index in [9.17, 15) is 0 Å². The van der Waals surface area contributed by atoms with Crippen LogP contribution in [0.4, 0.5) is 5.69 Å². The van der Waals surface area contributed by atoms with E-state index in [1.807, 2.05) is 48.7 Å². The van der Waals surface area contributed by atoms with Crippen LogP contribution in [0.3, 0.4) is 0 Å². The van der Waals surface area contributed by atoms with Crippen LogP contribution in [0.15, 0.2) is 65.7 Å². The van der Waals surface area contributed by atoms with E-state index >= 15 is 0 Å². The van der Waals surface area contributed by atoms with Gasteiger partial charge in [-0.2, -0.15) is 0 Å². The molecule has 0 fully saturated rings. The number of aryl methyl sites for hydroxylation is 1. The van der Waals surface area contributed by atoms with E-state index in [2.05, 4.69) is 30.1 Å². The van der Waals surface area contributed by atoms with E-state index in [0.29, 0.717) is 0 Å². The molecule has 0 aliphatic carbocycles. The molecule has 3 aromatic carbocycles. The van der Waals surface area contributed by atoms with Crippen molar-refractivity contribution in [2.75, 3.05) is 7.11 Å². The molecular weight excluding hydrogens is 258 g/mol. The SMILES string of the molecule is COc1ccc(C=Nc2ccccc2C)c2ccccc12. The first-order valence-electron chi connectivity index (χ1n) is 6.95. The van der Waals surface area contributed by atoms with E-state index in [1.54, 1.807) is 7.11 Å². The first-order valence-corrected chi connectivity index (χ1v) is 6.95. The number of nitrogens with zero attached hydrogens (tertiary/aromatic N) is 1. The van der Waals surface area contributed by atoms with Crippen LogP contribution in [0.1, 0.15) is 11.1 Å². The standard InChI is InChI=1S/C19H17NO/c1-14-7-3-6-10-18(14)20-13-15-11-12-19(21-2)17-9-5-4-8-16(15)17/h3-13H,1-2H3. The van der Waals surface area contributed by atoms with Crippen molar-refractivity contribution in [3.63, 3.8) is 0 Å². The largest absolute Gasteiger partial charge is 0.496 e. The molecule has 0 heterocycles. The van der Waals surface area contributed by atoms with Gasteiger partial charge < -0.3 is 4.74 Å². The van der Waals surface area contributed by atoms with Gasteiger partial charge >= 0.3 is 0 Å². The van der Waals surface area contributed by atoms with Crippen LogP contribution in [0.5, 0.6) is 5.75 Å². The summed E-state index contributed by atoms with van der Waals surface area (Å²) in [6.07, 6.45) is 1.92. The van der Waals surface area contributed by atoms with E-state index in [1.165, 1.54) is 5.56 Å². The molecule has 0 aromatic heterocycles. The lowest BCUT2D eigenvalue weighted by Crippen LogP contribution is -1.89. The lowest BCUT2D eigenvalue weighted by atomic mass is 10.0. The second kappa shape index (κ2) is 5.80. The molecule has 0 N–H and O–H groups in total. The Hall–Kier alpha value is -2.61. The number of methoxy groups -OCH3 is 1. The third-order valence-electron chi connectivity index (χ3n) is 3.60. The van der Waals surface area contributed by atoms with Gasteiger partial charge in [0.25, 0.3) is 0 Å². The molecule has 0 aliphatic rings. The molecule has 0 saturated carbocycles. The Balaban J connectivity index is 2.08. The zero-order valence-electron chi connectivity index (χ0n) is 12.2. The van der Waals surface area contributed by atoms with E-state index in [0.717, 1.165) is 27.8 Å². The lowest BCUT2D eigenvalue weighted by molar-refractivity contribution is 0.420. The van der Waals surface area contributed by atoms with Crippen LogP contribution in [0.25, 0.3) is 10.8 Å². The number of benzene rings is 3. The fourth-order valence-electron chi connectivity index (χ4n) is 2.43. The highest BCUT2D eigenvalue weighted by atomic mass is 16.5. The Morgan fingerprint density at radius 2 is 1.57 bits per heavy atom. The van der Waals surface area contributed by atoms with Crippen LogP contribution >= 0.6 is 0 Å². The van der Waals surface area contributed by atoms with E-state index < -0.39 is 0 Å². The van der Waals surface area contributed by atoms with Crippen molar-refractivity contribution in [2.24, 2.45) is 4.99 Å². The maximum Gasteiger partial charge on any atom is 0.126 e. The van der Waals surface area contributed by atoms with E-state index in [-0.39, 0.29) is 0 Å². The summed E-state index contributed by atoms with van der Waals surface area (Å²) in [6.45, 7) is 2.07. The molecule has 0 saturated heterocycles. The van der Waals surface area contributed by atoms with Crippen molar-refractivity contribution < 1.29 is 4.74 Å². The number of rotatable bonds is 3. The number of hydrogen-bond acceptors (Lipinski definition) is 2. The Labute approximate surface area is 124 Å². The van der Waals surface area contributed by atoms with Crippen molar-refractivity contribution in [2.45, 2.75) is 6.92 Å². The molecule has 3 aromatic rings. The van der Waals surface area contributed by atoms with Gasteiger partial charge in [0.2, 0.25) is 0 Å². The normalized spacial score (nSPS) is 11.1. The second-order valence-corrected chi connectivity index (χ2v) is 4.95. The summed E-state index contributed by atoms with van der Waals surface area (Å²) in [5.74, 6) is 0.888. The molecule has 0 amide bonds. The summed E-state index contributed by atoms with van der Waals surface area (Å²) in [5.41, 5.74) is 3.26. The quantitative estimate of drug-likeness (QED) is 0.622. The minimum atomic E-state index is 0.888. The average molecular weight is 275 g/mol. The van der Waals surface area contributed by atoms with Crippen LogP contribution in [-0.2, 0) is 0 Å². The fourth-order valence-corrected chi connectivity index (χ4v) is 2.43. The molecule has 104 valence electrons. The third kappa shape index (κ3) is 2.65. The Morgan fingerprint density at radius 1 is 0.857 bits per heavy atom. The minimum Gasteiger partial charge on any atom is -0.496 e. The van der Waals surface area contributed by atoms with Crippen molar-refractivity contribution in [1.82, 2.24) is 0 Å². The molecular formula is C19H17NO. The fraction of sp³-hybridized carbons (Fsp3) is 0.105. The number of para-hydroxylation sites is 1. The number of fused-ring (bicyclic) bond motifs is 1. The highest BCUT2D eigenvalue weighted by Crippen LogP contribution is 2.28. The van der Waals surface area contributed by atoms with Crippen LogP contribution < -0.4 is 4.74 Å². The molecule has 0 bridgehead atoms. The first-order chi connectivity index (χ1) is 10.3. The molecule has 2 nitrogen and oxygen atoms in total. The van der Waals surface area contributed by atoms with Gasteiger partial charge in [-0.25, -0.2) is 0 Å². The van der Waals surface area contributed by atoms with Crippen molar-refractivity contribution in [1.29, 1.82) is 0 Å². The number of aliphatic imine (C=N–C) groups is 1. The molecule has 3 rings (SSSR count). The van der Waals surface area contributed by atoms with Crippen LogP contribution in [0.2, 0.25) is 0 Å². The smallest absolute Gasteiger partial charge is 0.126 e. The van der Waals surface area contributed by atoms with Crippen LogP contribution in [-0.4, -0.2) is 13.3 Å². The van der Waals surface area contributed by atoms with Gasteiger partial charge in [0.15, 0.2) is 0 Å². The summed E-state index contributed by atoms with van der Waals surface area (Å²) in [5, 5.41) is 2.25. The van der Waals surface area contributed by atoms with Gasteiger partial charge in [-0.15, -0.1) is 0 Å². The summed E-state index contributed by atoms with van der Waals surface area (Å²) in [4.78, 5) is 4.62. The second-order valence-electron chi connectivity index (χ2n) is 4.95. The average Bonchev–Trinajstić information content (AvgIpc) is 2.54. The third-order valence-corrected chi connectivity index (χ3v) is 3.60.